The third-order valence-electron chi connectivity index (χ3n) is 3.45. The van der Waals surface area contributed by atoms with Crippen LogP contribution < -0.4 is 10.6 Å². The van der Waals surface area contributed by atoms with E-state index in [0.29, 0.717) is 5.56 Å². The fourth-order valence-corrected chi connectivity index (χ4v) is 2.30. The third kappa shape index (κ3) is 3.07. The largest absolute Gasteiger partial charge is 0.384 e. The highest BCUT2D eigenvalue weighted by Gasteiger charge is 2.13. The Morgan fingerprint density at radius 3 is 2.75 bits per heavy atom. The van der Waals surface area contributed by atoms with Crippen LogP contribution in [-0.4, -0.2) is 24.4 Å². The van der Waals surface area contributed by atoms with Crippen molar-refractivity contribution in [1.82, 2.24) is 4.98 Å². The summed E-state index contributed by atoms with van der Waals surface area (Å²) in [5, 5.41) is 8.79. The number of hydrogen-bond donors (Lipinski definition) is 2. The Labute approximate surface area is 120 Å². The number of hydrogen-bond acceptors (Lipinski definition) is 3. The number of aromatic nitrogens is 1. The van der Waals surface area contributed by atoms with Gasteiger partial charge in [-0.1, -0.05) is 38.0 Å². The van der Waals surface area contributed by atoms with E-state index in [1.54, 1.807) is 0 Å². The quantitative estimate of drug-likeness (QED) is 0.481. The molecule has 0 atom stereocenters. The van der Waals surface area contributed by atoms with E-state index < -0.39 is 0 Å². The minimum atomic E-state index is 0.0700. The van der Waals surface area contributed by atoms with E-state index in [1.165, 1.54) is 12.8 Å². The van der Waals surface area contributed by atoms with Gasteiger partial charge in [-0.3, -0.25) is 5.41 Å². The summed E-state index contributed by atoms with van der Waals surface area (Å²) in [7, 11) is 2.01. The summed E-state index contributed by atoms with van der Waals surface area (Å²) in [6.45, 7) is 3.12. The Hall–Kier alpha value is -2.10. The highest BCUT2D eigenvalue weighted by molar-refractivity contribution is 6.02. The fraction of sp³-hybridized carbons (Fsp3) is 0.375. The van der Waals surface area contributed by atoms with Gasteiger partial charge in [-0.05, 0) is 18.6 Å². The molecule has 0 spiro atoms. The highest BCUT2D eigenvalue weighted by atomic mass is 15.2. The van der Waals surface area contributed by atoms with Crippen LogP contribution in [0, 0.1) is 5.41 Å². The van der Waals surface area contributed by atoms with Crippen molar-refractivity contribution in [3.8, 4) is 0 Å². The van der Waals surface area contributed by atoms with Crippen LogP contribution in [0.15, 0.2) is 30.3 Å². The van der Waals surface area contributed by atoms with Gasteiger partial charge in [0.25, 0.3) is 0 Å². The zero-order chi connectivity index (χ0) is 14.5. The van der Waals surface area contributed by atoms with Crippen molar-refractivity contribution in [1.29, 1.82) is 5.41 Å². The first-order valence-corrected chi connectivity index (χ1v) is 7.08. The number of pyridine rings is 1. The summed E-state index contributed by atoms with van der Waals surface area (Å²) in [6, 6.07) is 9.89. The number of para-hydroxylation sites is 1. The summed E-state index contributed by atoms with van der Waals surface area (Å²) in [6.07, 6.45) is 3.52. The van der Waals surface area contributed by atoms with Crippen LogP contribution in [0.1, 0.15) is 31.7 Å². The zero-order valence-corrected chi connectivity index (χ0v) is 12.2. The SMILES string of the molecule is CCCCCN(C)c1nc2ccccc2cc1C(=N)N. The molecule has 0 fully saturated rings. The molecule has 0 aliphatic heterocycles. The molecule has 0 aliphatic carbocycles. The molecule has 106 valence electrons. The predicted octanol–water partition coefficient (Wildman–Crippen LogP) is 3.15. The van der Waals surface area contributed by atoms with Gasteiger partial charge in [-0.2, -0.15) is 0 Å². The second-order valence-corrected chi connectivity index (χ2v) is 5.09. The molecule has 2 aromatic rings. The first-order chi connectivity index (χ1) is 9.63. The minimum absolute atomic E-state index is 0.0700. The number of amidine groups is 1. The molecule has 0 bridgehead atoms. The molecule has 3 N–H and O–H groups in total. The minimum Gasteiger partial charge on any atom is -0.384 e. The maximum Gasteiger partial charge on any atom is 0.140 e. The maximum atomic E-state index is 7.77. The van der Waals surface area contributed by atoms with E-state index in [9.17, 15) is 0 Å². The lowest BCUT2D eigenvalue weighted by Gasteiger charge is -2.21. The molecule has 4 nitrogen and oxygen atoms in total. The molecule has 0 radical (unpaired) electrons. The number of fused-ring (bicyclic) bond motifs is 1. The molecule has 20 heavy (non-hydrogen) atoms. The van der Waals surface area contributed by atoms with Crippen LogP contribution in [0.2, 0.25) is 0 Å². The number of nitrogen functional groups attached to an aromatic ring is 1. The molecular weight excluding hydrogens is 248 g/mol. The summed E-state index contributed by atoms with van der Waals surface area (Å²) >= 11 is 0. The second-order valence-electron chi connectivity index (χ2n) is 5.09. The Balaban J connectivity index is 2.38. The highest BCUT2D eigenvalue weighted by Crippen LogP contribution is 2.23. The van der Waals surface area contributed by atoms with Crippen molar-refractivity contribution in [3.63, 3.8) is 0 Å². The molecule has 4 heteroatoms. The average molecular weight is 270 g/mol. The first-order valence-electron chi connectivity index (χ1n) is 7.08. The Morgan fingerprint density at radius 1 is 1.30 bits per heavy atom. The summed E-state index contributed by atoms with van der Waals surface area (Å²) in [4.78, 5) is 6.78. The van der Waals surface area contributed by atoms with Crippen LogP contribution >= 0.6 is 0 Å². The number of benzene rings is 1. The van der Waals surface area contributed by atoms with Gasteiger partial charge >= 0.3 is 0 Å². The number of anilines is 1. The van der Waals surface area contributed by atoms with Crippen molar-refractivity contribution in [2.24, 2.45) is 5.73 Å². The van der Waals surface area contributed by atoms with E-state index in [0.717, 1.165) is 29.7 Å². The van der Waals surface area contributed by atoms with Gasteiger partial charge in [0.15, 0.2) is 0 Å². The van der Waals surface area contributed by atoms with E-state index >= 15 is 0 Å². The van der Waals surface area contributed by atoms with Gasteiger partial charge in [0, 0.05) is 19.0 Å². The lowest BCUT2D eigenvalue weighted by atomic mass is 10.1. The number of rotatable bonds is 6. The summed E-state index contributed by atoms with van der Waals surface area (Å²) in [5.74, 6) is 0.868. The maximum absolute atomic E-state index is 7.77. The normalized spacial score (nSPS) is 10.7. The van der Waals surface area contributed by atoms with Gasteiger partial charge in [-0.25, -0.2) is 4.98 Å². The molecule has 0 saturated carbocycles. The van der Waals surface area contributed by atoms with Crippen LogP contribution in [0.4, 0.5) is 5.82 Å². The lowest BCUT2D eigenvalue weighted by molar-refractivity contribution is 0.701. The summed E-state index contributed by atoms with van der Waals surface area (Å²) < 4.78 is 0. The molecular formula is C16H22N4. The first kappa shape index (κ1) is 14.3. The number of nitrogens with zero attached hydrogens (tertiary/aromatic N) is 2. The Bertz CT molecular complexity index is 606. The van der Waals surface area contributed by atoms with Crippen molar-refractivity contribution in [2.75, 3.05) is 18.5 Å². The van der Waals surface area contributed by atoms with Gasteiger partial charge in [0.05, 0.1) is 11.1 Å². The topological polar surface area (TPSA) is 66.0 Å². The molecule has 0 amide bonds. The van der Waals surface area contributed by atoms with E-state index in [-0.39, 0.29) is 5.84 Å². The van der Waals surface area contributed by atoms with Crippen molar-refractivity contribution >= 4 is 22.6 Å². The average Bonchev–Trinajstić information content (AvgIpc) is 2.46. The van der Waals surface area contributed by atoms with Crippen molar-refractivity contribution in [2.45, 2.75) is 26.2 Å². The van der Waals surface area contributed by atoms with Crippen LogP contribution in [0.5, 0.6) is 0 Å². The third-order valence-corrected chi connectivity index (χ3v) is 3.45. The van der Waals surface area contributed by atoms with E-state index in [4.69, 9.17) is 11.1 Å². The van der Waals surface area contributed by atoms with E-state index in [2.05, 4.69) is 16.8 Å². The van der Waals surface area contributed by atoms with Crippen molar-refractivity contribution in [3.05, 3.63) is 35.9 Å². The lowest BCUT2D eigenvalue weighted by Crippen LogP contribution is -2.24. The Morgan fingerprint density at radius 2 is 2.05 bits per heavy atom. The number of unbranched alkanes of at least 4 members (excludes halogenated alkanes) is 2. The standard InChI is InChI=1S/C16H22N4/c1-3-4-7-10-20(2)16-13(15(17)18)11-12-8-5-6-9-14(12)19-16/h5-6,8-9,11H,3-4,7,10H2,1-2H3,(H3,17,18). The molecule has 0 aliphatic rings. The van der Waals surface area contributed by atoms with Crippen molar-refractivity contribution < 1.29 is 0 Å². The molecule has 2 rings (SSSR count). The Kier molecular flexibility index (Phi) is 4.56. The molecule has 1 aromatic carbocycles. The van der Waals surface area contributed by atoms with Crippen LogP contribution in [-0.2, 0) is 0 Å². The molecule has 1 heterocycles. The van der Waals surface area contributed by atoms with Crippen LogP contribution in [0.25, 0.3) is 10.9 Å². The van der Waals surface area contributed by atoms with Gasteiger partial charge in [0.2, 0.25) is 0 Å². The monoisotopic (exact) mass is 270 g/mol. The smallest absolute Gasteiger partial charge is 0.140 e. The summed E-state index contributed by atoms with van der Waals surface area (Å²) in [5.41, 5.74) is 7.37. The van der Waals surface area contributed by atoms with Gasteiger partial charge in [-0.15, -0.1) is 0 Å². The fourth-order valence-electron chi connectivity index (χ4n) is 2.30. The van der Waals surface area contributed by atoms with Crippen LogP contribution in [0.3, 0.4) is 0 Å². The molecule has 1 aromatic heterocycles. The van der Waals surface area contributed by atoms with Gasteiger partial charge in [0.1, 0.15) is 11.7 Å². The molecule has 0 saturated heterocycles. The molecule has 0 unspecified atom stereocenters. The number of nitrogens with two attached hydrogens (primary N) is 1. The zero-order valence-electron chi connectivity index (χ0n) is 12.2. The van der Waals surface area contributed by atoms with E-state index in [1.807, 2.05) is 37.4 Å². The van der Waals surface area contributed by atoms with Gasteiger partial charge < -0.3 is 10.6 Å². The second kappa shape index (κ2) is 6.37. The number of nitrogens with one attached hydrogen (secondary N) is 1. The predicted molar refractivity (Wildman–Crippen MR) is 85.6 cm³/mol.